The topological polar surface area (TPSA) is 38.7 Å². The zero-order valence-electron chi connectivity index (χ0n) is 12.2. The van der Waals surface area contributed by atoms with E-state index in [2.05, 4.69) is 15.9 Å². The van der Waals surface area contributed by atoms with Gasteiger partial charge >= 0.3 is 0 Å². The summed E-state index contributed by atoms with van der Waals surface area (Å²) in [6, 6.07) is 13.3. The molecule has 0 aliphatic rings. The van der Waals surface area contributed by atoms with Gasteiger partial charge in [0.25, 0.3) is 0 Å². The predicted octanol–water partition coefficient (Wildman–Crippen LogP) is 4.48. The highest BCUT2D eigenvalue weighted by Gasteiger charge is 2.12. The summed E-state index contributed by atoms with van der Waals surface area (Å²) in [5.74, 6) is 1.50. The summed E-state index contributed by atoms with van der Waals surface area (Å²) < 4.78 is 12.1. The van der Waals surface area contributed by atoms with Gasteiger partial charge in [0, 0.05) is 15.6 Å². The van der Waals surface area contributed by atoms with E-state index >= 15 is 0 Å². The molecular formula is C17H19BrO3. The van der Waals surface area contributed by atoms with Crippen LogP contribution < -0.4 is 9.47 Å². The van der Waals surface area contributed by atoms with Crippen LogP contribution >= 0.6 is 15.9 Å². The molecule has 0 saturated heterocycles. The lowest BCUT2D eigenvalue weighted by molar-refractivity contribution is 0.166. The van der Waals surface area contributed by atoms with Crippen molar-refractivity contribution < 1.29 is 14.6 Å². The van der Waals surface area contributed by atoms with Crippen LogP contribution in [-0.4, -0.2) is 12.2 Å². The molecule has 0 aromatic heterocycles. The number of halogens is 1. The molecule has 0 spiro atoms. The molecule has 112 valence electrons. The molecule has 0 aliphatic carbocycles. The number of aliphatic hydroxyl groups is 1. The smallest absolute Gasteiger partial charge is 0.125 e. The minimum Gasteiger partial charge on any atom is -0.497 e. The quantitative estimate of drug-likeness (QED) is 0.834. The summed E-state index contributed by atoms with van der Waals surface area (Å²) in [4.78, 5) is 0. The molecule has 1 atom stereocenters. The number of rotatable bonds is 6. The number of hydrogen-bond acceptors (Lipinski definition) is 3. The van der Waals surface area contributed by atoms with Gasteiger partial charge < -0.3 is 14.6 Å². The average Bonchev–Trinajstić information content (AvgIpc) is 2.53. The fourth-order valence-corrected chi connectivity index (χ4v) is 2.41. The molecule has 0 saturated carbocycles. The number of para-hydroxylation sites is 1. The van der Waals surface area contributed by atoms with Crippen LogP contribution in [0.25, 0.3) is 0 Å². The van der Waals surface area contributed by atoms with Crippen molar-refractivity contribution in [2.24, 2.45) is 0 Å². The van der Waals surface area contributed by atoms with Crippen molar-refractivity contribution in [2.45, 2.75) is 26.1 Å². The van der Waals surface area contributed by atoms with Gasteiger partial charge in [-0.15, -0.1) is 0 Å². The van der Waals surface area contributed by atoms with Gasteiger partial charge in [-0.3, -0.25) is 0 Å². The van der Waals surface area contributed by atoms with Crippen LogP contribution in [0, 0.1) is 0 Å². The minimum absolute atomic E-state index is 0.408. The monoisotopic (exact) mass is 350 g/mol. The second-order valence-electron chi connectivity index (χ2n) is 4.71. The molecule has 0 heterocycles. The van der Waals surface area contributed by atoms with Crippen molar-refractivity contribution in [1.29, 1.82) is 0 Å². The summed E-state index contributed by atoms with van der Waals surface area (Å²) in [6.45, 7) is 2.35. The summed E-state index contributed by atoms with van der Waals surface area (Å²) in [7, 11) is 1.64. The number of hydrogen-bond donors (Lipinski definition) is 1. The van der Waals surface area contributed by atoms with Gasteiger partial charge in [0.2, 0.25) is 0 Å². The SMILES string of the molecule is CCC(O)c1ccccc1OCc1cc(OC)ccc1Br. The van der Waals surface area contributed by atoms with Gasteiger partial charge in [0.1, 0.15) is 18.1 Å². The molecule has 0 amide bonds. The summed E-state index contributed by atoms with van der Waals surface area (Å²) in [6.07, 6.45) is 0.151. The molecule has 1 N–H and O–H groups in total. The molecule has 0 aliphatic heterocycles. The Morgan fingerprint density at radius 1 is 1.19 bits per heavy atom. The molecule has 1 unspecified atom stereocenters. The molecule has 2 aromatic carbocycles. The lowest BCUT2D eigenvalue weighted by Gasteiger charge is -2.15. The van der Waals surface area contributed by atoms with Crippen LogP contribution in [0.2, 0.25) is 0 Å². The van der Waals surface area contributed by atoms with E-state index in [1.807, 2.05) is 49.4 Å². The molecule has 0 radical (unpaired) electrons. The van der Waals surface area contributed by atoms with Crippen molar-refractivity contribution in [1.82, 2.24) is 0 Å². The first-order valence-electron chi connectivity index (χ1n) is 6.88. The lowest BCUT2D eigenvalue weighted by atomic mass is 10.1. The van der Waals surface area contributed by atoms with Crippen LogP contribution in [0.4, 0.5) is 0 Å². The summed E-state index contributed by atoms with van der Waals surface area (Å²) in [5.41, 5.74) is 1.81. The Morgan fingerprint density at radius 3 is 2.67 bits per heavy atom. The summed E-state index contributed by atoms with van der Waals surface area (Å²) >= 11 is 3.51. The summed E-state index contributed by atoms with van der Waals surface area (Å²) in [5, 5.41) is 10.0. The van der Waals surface area contributed by atoms with Crippen LogP contribution in [0.5, 0.6) is 11.5 Å². The lowest BCUT2D eigenvalue weighted by Crippen LogP contribution is -2.03. The minimum atomic E-state index is -0.505. The number of benzene rings is 2. The normalized spacial score (nSPS) is 12.0. The largest absolute Gasteiger partial charge is 0.497 e. The fraction of sp³-hybridized carbons (Fsp3) is 0.294. The van der Waals surface area contributed by atoms with Crippen molar-refractivity contribution in [2.75, 3.05) is 7.11 Å². The zero-order chi connectivity index (χ0) is 15.2. The van der Waals surface area contributed by atoms with Gasteiger partial charge in [-0.2, -0.15) is 0 Å². The maximum Gasteiger partial charge on any atom is 0.125 e. The molecule has 0 fully saturated rings. The van der Waals surface area contributed by atoms with Gasteiger partial charge in [-0.1, -0.05) is 41.1 Å². The highest BCUT2D eigenvalue weighted by molar-refractivity contribution is 9.10. The Kier molecular flexibility index (Phi) is 5.65. The second kappa shape index (κ2) is 7.48. The maximum atomic E-state index is 10.0. The van der Waals surface area contributed by atoms with Gasteiger partial charge in [0.05, 0.1) is 13.2 Å². The van der Waals surface area contributed by atoms with Crippen molar-refractivity contribution in [3.05, 3.63) is 58.1 Å². The van der Waals surface area contributed by atoms with Gasteiger partial charge in [-0.25, -0.2) is 0 Å². The first kappa shape index (κ1) is 15.9. The second-order valence-corrected chi connectivity index (χ2v) is 5.56. The Morgan fingerprint density at radius 2 is 1.95 bits per heavy atom. The van der Waals surface area contributed by atoms with E-state index in [0.717, 1.165) is 21.3 Å². The fourth-order valence-electron chi connectivity index (χ4n) is 2.05. The number of methoxy groups -OCH3 is 1. The van der Waals surface area contributed by atoms with E-state index in [-0.39, 0.29) is 0 Å². The first-order valence-corrected chi connectivity index (χ1v) is 7.67. The number of ether oxygens (including phenoxy) is 2. The van der Waals surface area contributed by atoms with Gasteiger partial charge in [-0.05, 0) is 30.7 Å². The predicted molar refractivity (Wildman–Crippen MR) is 86.7 cm³/mol. The van der Waals surface area contributed by atoms with Crippen LogP contribution in [0.15, 0.2) is 46.9 Å². The van der Waals surface area contributed by atoms with Crippen molar-refractivity contribution in [3.63, 3.8) is 0 Å². The molecule has 21 heavy (non-hydrogen) atoms. The standard InChI is InChI=1S/C17H19BrO3/c1-3-16(19)14-6-4-5-7-17(14)21-11-12-10-13(20-2)8-9-15(12)18/h4-10,16,19H,3,11H2,1-2H3. The third kappa shape index (κ3) is 3.99. The van der Waals surface area contributed by atoms with Crippen LogP contribution in [-0.2, 0) is 6.61 Å². The Balaban J connectivity index is 2.17. The van der Waals surface area contributed by atoms with E-state index in [9.17, 15) is 5.11 Å². The Labute approximate surface area is 133 Å². The average molecular weight is 351 g/mol. The maximum absolute atomic E-state index is 10.0. The first-order chi connectivity index (χ1) is 10.2. The molecule has 4 heteroatoms. The third-order valence-electron chi connectivity index (χ3n) is 3.30. The molecular weight excluding hydrogens is 332 g/mol. The van der Waals surface area contributed by atoms with E-state index in [1.165, 1.54) is 0 Å². The highest BCUT2D eigenvalue weighted by atomic mass is 79.9. The molecule has 0 bridgehead atoms. The Hall–Kier alpha value is -1.52. The van der Waals surface area contributed by atoms with Crippen LogP contribution in [0.3, 0.4) is 0 Å². The van der Waals surface area contributed by atoms with Gasteiger partial charge in [0.15, 0.2) is 0 Å². The van der Waals surface area contributed by atoms with E-state index < -0.39 is 6.10 Å². The highest BCUT2D eigenvalue weighted by Crippen LogP contribution is 2.29. The number of aliphatic hydroxyl groups excluding tert-OH is 1. The van der Waals surface area contributed by atoms with E-state index in [0.29, 0.717) is 18.8 Å². The van der Waals surface area contributed by atoms with Crippen LogP contribution in [0.1, 0.15) is 30.6 Å². The van der Waals surface area contributed by atoms with E-state index in [4.69, 9.17) is 9.47 Å². The van der Waals surface area contributed by atoms with Crippen molar-refractivity contribution >= 4 is 15.9 Å². The zero-order valence-corrected chi connectivity index (χ0v) is 13.8. The Bertz CT molecular complexity index is 598. The van der Waals surface area contributed by atoms with Crippen molar-refractivity contribution in [3.8, 4) is 11.5 Å². The molecule has 3 nitrogen and oxygen atoms in total. The third-order valence-corrected chi connectivity index (χ3v) is 4.07. The molecule has 2 aromatic rings. The van der Waals surface area contributed by atoms with E-state index in [1.54, 1.807) is 7.11 Å². The molecule has 2 rings (SSSR count).